The molecule has 1 amide bonds. The van der Waals surface area contributed by atoms with Crippen LogP contribution in [0.1, 0.15) is 17.3 Å². The van der Waals surface area contributed by atoms with E-state index in [1.165, 1.54) is 4.90 Å². The third kappa shape index (κ3) is 5.55. The van der Waals surface area contributed by atoms with Crippen molar-refractivity contribution in [1.29, 1.82) is 0 Å². The Bertz CT molecular complexity index is 779. The SMILES string of the molecule is CCOC(=O)CN(C(=O)COC(=O)c1ccccc1I)c1ccccc1. The van der Waals surface area contributed by atoms with Gasteiger partial charge in [0.25, 0.3) is 5.91 Å². The van der Waals surface area contributed by atoms with Crippen molar-refractivity contribution in [2.75, 3.05) is 24.7 Å². The van der Waals surface area contributed by atoms with Gasteiger partial charge in [-0.1, -0.05) is 30.3 Å². The summed E-state index contributed by atoms with van der Waals surface area (Å²) in [6, 6.07) is 15.6. The molecule has 0 atom stereocenters. The first-order valence-corrected chi connectivity index (χ1v) is 9.03. The quantitative estimate of drug-likeness (QED) is 0.463. The van der Waals surface area contributed by atoms with Crippen molar-refractivity contribution in [3.05, 3.63) is 63.7 Å². The molecule has 6 nitrogen and oxygen atoms in total. The molecule has 0 bridgehead atoms. The Kier molecular flexibility index (Phi) is 7.58. The predicted molar refractivity (Wildman–Crippen MR) is 105 cm³/mol. The minimum atomic E-state index is -0.590. The molecule has 0 heterocycles. The zero-order chi connectivity index (χ0) is 18.9. The van der Waals surface area contributed by atoms with E-state index >= 15 is 0 Å². The zero-order valence-corrected chi connectivity index (χ0v) is 16.3. The number of anilines is 1. The highest BCUT2D eigenvalue weighted by molar-refractivity contribution is 14.1. The Morgan fingerprint density at radius 1 is 0.962 bits per heavy atom. The number of benzene rings is 2. The Morgan fingerprint density at radius 3 is 2.27 bits per heavy atom. The fourth-order valence-corrected chi connectivity index (χ4v) is 2.78. The van der Waals surface area contributed by atoms with Crippen LogP contribution in [0.25, 0.3) is 0 Å². The van der Waals surface area contributed by atoms with E-state index in [0.717, 1.165) is 3.57 Å². The minimum absolute atomic E-state index is 0.219. The lowest BCUT2D eigenvalue weighted by Crippen LogP contribution is -2.39. The Morgan fingerprint density at radius 2 is 1.62 bits per heavy atom. The molecule has 0 aliphatic carbocycles. The fourth-order valence-electron chi connectivity index (χ4n) is 2.18. The maximum atomic E-state index is 12.5. The summed E-state index contributed by atoms with van der Waals surface area (Å²) in [5.74, 6) is -1.63. The summed E-state index contributed by atoms with van der Waals surface area (Å²) in [5, 5.41) is 0. The lowest BCUT2D eigenvalue weighted by molar-refractivity contribution is -0.142. The number of carbonyl (C=O) groups is 3. The molecule has 0 aliphatic heterocycles. The van der Waals surface area contributed by atoms with Gasteiger partial charge in [-0.2, -0.15) is 0 Å². The second-order valence-corrected chi connectivity index (χ2v) is 6.34. The number of amides is 1. The fraction of sp³-hybridized carbons (Fsp3) is 0.211. The van der Waals surface area contributed by atoms with E-state index in [4.69, 9.17) is 9.47 Å². The lowest BCUT2D eigenvalue weighted by Gasteiger charge is -2.21. The zero-order valence-electron chi connectivity index (χ0n) is 14.2. The van der Waals surface area contributed by atoms with Gasteiger partial charge < -0.3 is 9.47 Å². The van der Waals surface area contributed by atoms with E-state index in [-0.39, 0.29) is 13.2 Å². The van der Waals surface area contributed by atoms with Gasteiger partial charge in [-0.05, 0) is 53.8 Å². The summed E-state index contributed by atoms with van der Waals surface area (Å²) in [6.45, 7) is 1.18. The van der Waals surface area contributed by atoms with Gasteiger partial charge in [0.2, 0.25) is 0 Å². The number of rotatable bonds is 7. The van der Waals surface area contributed by atoms with Crippen LogP contribution in [-0.4, -0.2) is 37.6 Å². The number of hydrogen-bond donors (Lipinski definition) is 0. The molecule has 0 fully saturated rings. The monoisotopic (exact) mass is 467 g/mol. The van der Waals surface area contributed by atoms with Gasteiger partial charge in [0.05, 0.1) is 12.2 Å². The molecular weight excluding hydrogens is 449 g/mol. The summed E-state index contributed by atoms with van der Waals surface area (Å²) >= 11 is 2.02. The minimum Gasteiger partial charge on any atom is -0.465 e. The number of esters is 2. The van der Waals surface area contributed by atoms with Gasteiger partial charge in [-0.15, -0.1) is 0 Å². The summed E-state index contributed by atoms with van der Waals surface area (Å²) in [4.78, 5) is 37.8. The highest BCUT2D eigenvalue weighted by Crippen LogP contribution is 2.15. The highest BCUT2D eigenvalue weighted by Gasteiger charge is 2.22. The highest BCUT2D eigenvalue weighted by atomic mass is 127. The topological polar surface area (TPSA) is 72.9 Å². The molecule has 136 valence electrons. The summed E-state index contributed by atoms with van der Waals surface area (Å²) in [7, 11) is 0. The molecule has 2 rings (SSSR count). The first-order valence-electron chi connectivity index (χ1n) is 7.95. The predicted octanol–water partition coefficient (Wildman–Crippen LogP) is 3.04. The average molecular weight is 467 g/mol. The average Bonchev–Trinajstić information content (AvgIpc) is 2.65. The molecule has 0 aromatic heterocycles. The molecule has 0 N–H and O–H groups in total. The molecule has 0 saturated heterocycles. The summed E-state index contributed by atoms with van der Waals surface area (Å²) in [5.41, 5.74) is 0.911. The van der Waals surface area contributed by atoms with Crippen molar-refractivity contribution in [3.63, 3.8) is 0 Å². The number of nitrogens with zero attached hydrogens (tertiary/aromatic N) is 1. The molecule has 0 spiro atoms. The maximum absolute atomic E-state index is 12.5. The van der Waals surface area contributed by atoms with E-state index in [1.807, 2.05) is 22.6 Å². The summed E-state index contributed by atoms with van der Waals surface area (Å²) in [6.07, 6.45) is 0. The van der Waals surface area contributed by atoms with Crippen LogP contribution >= 0.6 is 22.6 Å². The van der Waals surface area contributed by atoms with Gasteiger partial charge in [0, 0.05) is 9.26 Å². The second kappa shape index (κ2) is 9.91. The van der Waals surface area contributed by atoms with E-state index < -0.39 is 24.5 Å². The van der Waals surface area contributed by atoms with Crippen molar-refractivity contribution in [1.82, 2.24) is 0 Å². The molecule has 7 heteroatoms. The second-order valence-electron chi connectivity index (χ2n) is 5.18. The van der Waals surface area contributed by atoms with Crippen LogP contribution in [0.15, 0.2) is 54.6 Å². The van der Waals surface area contributed by atoms with Gasteiger partial charge in [-0.25, -0.2) is 4.79 Å². The largest absolute Gasteiger partial charge is 0.465 e. The first-order chi connectivity index (χ1) is 12.5. The van der Waals surface area contributed by atoms with E-state index in [2.05, 4.69) is 0 Å². The standard InChI is InChI=1S/C19H18INO5/c1-2-25-18(23)12-21(14-8-4-3-5-9-14)17(22)13-26-19(24)15-10-6-7-11-16(15)20/h3-11H,2,12-13H2,1H3. The van der Waals surface area contributed by atoms with Crippen LogP contribution in [0.4, 0.5) is 5.69 Å². The molecule has 0 saturated carbocycles. The van der Waals surface area contributed by atoms with Gasteiger partial charge in [0.1, 0.15) is 6.54 Å². The number of hydrogen-bond acceptors (Lipinski definition) is 5. The Hall–Kier alpha value is -2.42. The van der Waals surface area contributed by atoms with Crippen molar-refractivity contribution in [2.24, 2.45) is 0 Å². The first kappa shape index (κ1) is 19.9. The number of ether oxygens (including phenoxy) is 2. The summed E-state index contributed by atoms with van der Waals surface area (Å²) < 4.78 is 10.8. The van der Waals surface area contributed by atoms with E-state index in [1.54, 1.807) is 61.5 Å². The Labute approximate surface area is 165 Å². The molecule has 2 aromatic rings. The van der Waals surface area contributed by atoms with Crippen LogP contribution in [0.2, 0.25) is 0 Å². The third-order valence-electron chi connectivity index (χ3n) is 3.38. The van der Waals surface area contributed by atoms with Crippen LogP contribution in [-0.2, 0) is 19.1 Å². The van der Waals surface area contributed by atoms with Crippen LogP contribution in [0.5, 0.6) is 0 Å². The molecule has 26 heavy (non-hydrogen) atoms. The maximum Gasteiger partial charge on any atom is 0.339 e. The van der Waals surface area contributed by atoms with Gasteiger partial charge in [-0.3, -0.25) is 14.5 Å². The molecule has 0 radical (unpaired) electrons. The smallest absolute Gasteiger partial charge is 0.339 e. The van der Waals surface area contributed by atoms with Crippen molar-refractivity contribution >= 4 is 46.1 Å². The molecule has 0 aliphatic rings. The van der Waals surface area contributed by atoms with Crippen molar-refractivity contribution in [3.8, 4) is 0 Å². The van der Waals surface area contributed by atoms with Gasteiger partial charge >= 0.3 is 11.9 Å². The van der Waals surface area contributed by atoms with Crippen molar-refractivity contribution < 1.29 is 23.9 Å². The number of halogens is 1. The van der Waals surface area contributed by atoms with E-state index in [9.17, 15) is 14.4 Å². The van der Waals surface area contributed by atoms with Crippen LogP contribution in [0.3, 0.4) is 0 Å². The number of para-hydroxylation sites is 1. The number of carbonyl (C=O) groups excluding carboxylic acids is 3. The molecule has 0 unspecified atom stereocenters. The lowest BCUT2D eigenvalue weighted by atomic mass is 10.2. The van der Waals surface area contributed by atoms with Crippen LogP contribution < -0.4 is 4.90 Å². The molecule has 2 aromatic carbocycles. The molecular formula is C19H18INO5. The normalized spacial score (nSPS) is 10.1. The third-order valence-corrected chi connectivity index (χ3v) is 4.32. The Balaban J connectivity index is 2.07. The van der Waals surface area contributed by atoms with E-state index in [0.29, 0.717) is 11.3 Å². The van der Waals surface area contributed by atoms with Crippen molar-refractivity contribution in [2.45, 2.75) is 6.92 Å². The van der Waals surface area contributed by atoms with Crippen LogP contribution in [0, 0.1) is 3.57 Å². The van der Waals surface area contributed by atoms with Gasteiger partial charge in [0.15, 0.2) is 6.61 Å².